The molecule has 1 aromatic carbocycles. The van der Waals surface area contributed by atoms with Gasteiger partial charge in [0.15, 0.2) is 11.6 Å². The van der Waals surface area contributed by atoms with Crippen molar-refractivity contribution in [3.8, 4) is 0 Å². The molecule has 0 aliphatic rings. The van der Waals surface area contributed by atoms with Crippen LogP contribution in [0.4, 0.5) is 8.78 Å². The number of nitrogens with two attached hydrogens (primary N) is 2. The van der Waals surface area contributed by atoms with E-state index in [0.717, 1.165) is 12.1 Å². The van der Waals surface area contributed by atoms with Crippen LogP contribution >= 0.6 is 0 Å². The molecule has 1 atom stereocenters. The van der Waals surface area contributed by atoms with Crippen LogP contribution in [0.25, 0.3) is 0 Å². The standard InChI is InChI=1S/C9H12F2N2/c1-9(13,5-12)6-2-3-7(10)8(11)4-6/h2-4H,5,12-13H2,1H3. The second-order valence-corrected chi connectivity index (χ2v) is 3.25. The number of halogens is 2. The molecule has 0 fully saturated rings. The Kier molecular flexibility index (Phi) is 2.63. The van der Waals surface area contributed by atoms with E-state index in [1.54, 1.807) is 6.92 Å². The molecule has 1 aromatic rings. The van der Waals surface area contributed by atoms with Crippen molar-refractivity contribution >= 4 is 0 Å². The molecule has 0 bridgehead atoms. The van der Waals surface area contributed by atoms with Crippen molar-refractivity contribution in [1.82, 2.24) is 0 Å². The van der Waals surface area contributed by atoms with Gasteiger partial charge in [0.1, 0.15) is 0 Å². The van der Waals surface area contributed by atoms with Crippen LogP contribution in [0, 0.1) is 11.6 Å². The summed E-state index contributed by atoms with van der Waals surface area (Å²) >= 11 is 0. The first-order chi connectivity index (χ1) is 5.97. The van der Waals surface area contributed by atoms with Gasteiger partial charge in [0.05, 0.1) is 5.54 Å². The first kappa shape index (κ1) is 10.1. The third-order valence-electron chi connectivity index (χ3n) is 2.00. The zero-order valence-electron chi connectivity index (χ0n) is 7.35. The second kappa shape index (κ2) is 3.40. The maximum atomic E-state index is 12.8. The van der Waals surface area contributed by atoms with Crippen molar-refractivity contribution in [3.05, 3.63) is 35.4 Å². The number of rotatable bonds is 2. The minimum absolute atomic E-state index is 0.179. The summed E-state index contributed by atoms with van der Waals surface area (Å²) in [6, 6.07) is 3.55. The Balaban J connectivity index is 3.10. The van der Waals surface area contributed by atoms with Crippen molar-refractivity contribution in [1.29, 1.82) is 0 Å². The molecule has 72 valence electrons. The number of hydrogen-bond donors (Lipinski definition) is 2. The van der Waals surface area contributed by atoms with Gasteiger partial charge >= 0.3 is 0 Å². The molecule has 0 heterocycles. The second-order valence-electron chi connectivity index (χ2n) is 3.25. The van der Waals surface area contributed by atoms with Crippen LogP contribution in [0.15, 0.2) is 18.2 Å². The van der Waals surface area contributed by atoms with E-state index in [1.165, 1.54) is 6.07 Å². The quantitative estimate of drug-likeness (QED) is 0.726. The highest BCUT2D eigenvalue weighted by atomic mass is 19.2. The van der Waals surface area contributed by atoms with Gasteiger partial charge in [-0.25, -0.2) is 8.78 Å². The van der Waals surface area contributed by atoms with E-state index in [-0.39, 0.29) is 6.54 Å². The molecule has 0 amide bonds. The first-order valence-corrected chi connectivity index (χ1v) is 3.92. The predicted molar refractivity (Wildman–Crippen MR) is 47.0 cm³/mol. The van der Waals surface area contributed by atoms with Gasteiger partial charge < -0.3 is 11.5 Å². The zero-order chi connectivity index (χ0) is 10.1. The summed E-state index contributed by atoms with van der Waals surface area (Å²) in [6.07, 6.45) is 0. The summed E-state index contributed by atoms with van der Waals surface area (Å²) in [5, 5.41) is 0. The fourth-order valence-electron chi connectivity index (χ4n) is 0.969. The molecule has 0 aliphatic carbocycles. The molecule has 0 saturated heterocycles. The smallest absolute Gasteiger partial charge is 0.159 e. The Morgan fingerprint density at radius 3 is 2.38 bits per heavy atom. The van der Waals surface area contributed by atoms with Crippen molar-refractivity contribution in [2.45, 2.75) is 12.5 Å². The maximum absolute atomic E-state index is 12.8. The van der Waals surface area contributed by atoms with Gasteiger partial charge in [-0.05, 0) is 24.6 Å². The fraction of sp³-hybridized carbons (Fsp3) is 0.333. The van der Waals surface area contributed by atoms with Crippen molar-refractivity contribution in [2.24, 2.45) is 11.5 Å². The lowest BCUT2D eigenvalue weighted by Crippen LogP contribution is -2.40. The lowest BCUT2D eigenvalue weighted by atomic mass is 9.93. The SMILES string of the molecule is CC(N)(CN)c1ccc(F)c(F)c1. The lowest BCUT2D eigenvalue weighted by molar-refractivity contribution is 0.480. The van der Waals surface area contributed by atoms with Crippen molar-refractivity contribution in [2.75, 3.05) is 6.54 Å². The molecule has 1 unspecified atom stereocenters. The summed E-state index contributed by atoms with van der Waals surface area (Å²) in [5.41, 5.74) is 10.8. The van der Waals surface area contributed by atoms with Crippen LogP contribution in [0.1, 0.15) is 12.5 Å². The van der Waals surface area contributed by atoms with E-state index in [2.05, 4.69) is 0 Å². The minimum atomic E-state index is -0.900. The normalized spacial score (nSPS) is 15.5. The van der Waals surface area contributed by atoms with E-state index >= 15 is 0 Å². The molecular formula is C9H12F2N2. The van der Waals surface area contributed by atoms with E-state index < -0.39 is 17.2 Å². The summed E-state index contributed by atoms with van der Waals surface area (Å²) in [4.78, 5) is 0. The minimum Gasteiger partial charge on any atom is -0.328 e. The highest BCUT2D eigenvalue weighted by Gasteiger charge is 2.20. The molecule has 0 radical (unpaired) electrons. The van der Waals surface area contributed by atoms with Crippen LogP contribution in [0.2, 0.25) is 0 Å². The maximum Gasteiger partial charge on any atom is 0.159 e. The van der Waals surface area contributed by atoms with Gasteiger partial charge in [0, 0.05) is 6.54 Å². The summed E-state index contributed by atoms with van der Waals surface area (Å²) < 4.78 is 25.3. The molecule has 2 nitrogen and oxygen atoms in total. The number of benzene rings is 1. The molecule has 4 N–H and O–H groups in total. The van der Waals surface area contributed by atoms with Gasteiger partial charge in [0.2, 0.25) is 0 Å². The van der Waals surface area contributed by atoms with Gasteiger partial charge in [0.25, 0.3) is 0 Å². The van der Waals surface area contributed by atoms with Crippen molar-refractivity contribution in [3.63, 3.8) is 0 Å². The van der Waals surface area contributed by atoms with Crippen LogP contribution < -0.4 is 11.5 Å². The van der Waals surface area contributed by atoms with Gasteiger partial charge in [-0.1, -0.05) is 6.07 Å². The Morgan fingerprint density at radius 2 is 1.92 bits per heavy atom. The molecule has 0 saturated carbocycles. The third-order valence-corrected chi connectivity index (χ3v) is 2.00. The van der Waals surface area contributed by atoms with E-state index in [0.29, 0.717) is 5.56 Å². The molecule has 0 aromatic heterocycles. The monoisotopic (exact) mass is 186 g/mol. The fourth-order valence-corrected chi connectivity index (χ4v) is 0.969. The highest BCUT2D eigenvalue weighted by molar-refractivity contribution is 5.25. The van der Waals surface area contributed by atoms with E-state index in [9.17, 15) is 8.78 Å². The van der Waals surface area contributed by atoms with E-state index in [1.807, 2.05) is 0 Å². The Hall–Kier alpha value is -1.00. The van der Waals surface area contributed by atoms with Crippen LogP contribution in [-0.4, -0.2) is 6.54 Å². The summed E-state index contributed by atoms with van der Waals surface area (Å²) in [6.45, 7) is 1.84. The molecule has 4 heteroatoms. The zero-order valence-corrected chi connectivity index (χ0v) is 7.35. The topological polar surface area (TPSA) is 52.0 Å². The van der Waals surface area contributed by atoms with Crippen LogP contribution in [0.3, 0.4) is 0 Å². The first-order valence-electron chi connectivity index (χ1n) is 3.92. The van der Waals surface area contributed by atoms with Crippen LogP contribution in [0.5, 0.6) is 0 Å². The molecule has 1 rings (SSSR count). The number of hydrogen-bond acceptors (Lipinski definition) is 2. The van der Waals surface area contributed by atoms with Crippen molar-refractivity contribution < 1.29 is 8.78 Å². The summed E-state index contributed by atoms with van der Waals surface area (Å²) in [5.74, 6) is -1.78. The molecular weight excluding hydrogens is 174 g/mol. The molecule has 13 heavy (non-hydrogen) atoms. The van der Waals surface area contributed by atoms with Crippen LogP contribution in [-0.2, 0) is 5.54 Å². The van der Waals surface area contributed by atoms with Gasteiger partial charge in [-0.2, -0.15) is 0 Å². The molecule has 0 spiro atoms. The largest absolute Gasteiger partial charge is 0.328 e. The molecule has 0 aliphatic heterocycles. The van der Waals surface area contributed by atoms with E-state index in [4.69, 9.17) is 11.5 Å². The highest BCUT2D eigenvalue weighted by Crippen LogP contribution is 2.18. The average molecular weight is 186 g/mol. The Labute approximate surface area is 75.5 Å². The average Bonchev–Trinajstić information content (AvgIpc) is 2.09. The van der Waals surface area contributed by atoms with Gasteiger partial charge in [-0.15, -0.1) is 0 Å². The third kappa shape index (κ3) is 2.02. The van der Waals surface area contributed by atoms with Gasteiger partial charge in [-0.3, -0.25) is 0 Å². The summed E-state index contributed by atoms with van der Waals surface area (Å²) in [7, 11) is 0. The lowest BCUT2D eigenvalue weighted by Gasteiger charge is -2.22. The predicted octanol–water partition coefficient (Wildman–Crippen LogP) is 1.10. The Bertz CT molecular complexity index is 310. The Morgan fingerprint density at radius 1 is 1.31 bits per heavy atom.